The molecule has 3 rings (SSSR count). The first-order chi connectivity index (χ1) is 13.5. The third kappa shape index (κ3) is 3.85. The predicted molar refractivity (Wildman–Crippen MR) is 90.4 cm³/mol. The molecular weight excluding hydrogens is 424 g/mol. The van der Waals surface area contributed by atoms with E-state index in [1.807, 2.05) is 0 Å². The Morgan fingerprint density at radius 3 is 2.45 bits per heavy atom. The van der Waals surface area contributed by atoms with Crippen LogP contribution in [0.2, 0.25) is 5.02 Å². The maximum Gasteiger partial charge on any atom is 0.431 e. The van der Waals surface area contributed by atoms with Crippen LogP contribution in [0.1, 0.15) is 11.5 Å². The number of ether oxygens (including phenoxy) is 1. The second-order valence-electron chi connectivity index (χ2n) is 5.78. The predicted octanol–water partition coefficient (Wildman–Crippen LogP) is 1.45. The molecule has 0 bridgehead atoms. The lowest BCUT2D eigenvalue weighted by Gasteiger charge is -2.15. The minimum atomic E-state index is -4.94. The number of nitrogens with zero attached hydrogens (tertiary/aromatic N) is 6. The number of tetrazole rings is 1. The lowest BCUT2D eigenvalue weighted by Crippen LogP contribution is -2.41. The maximum absolute atomic E-state index is 14.4. The minimum Gasteiger partial charge on any atom is -0.484 e. The summed E-state index contributed by atoms with van der Waals surface area (Å²) in [5, 5.41) is 10.5. The monoisotopic (exact) mass is 434 g/mol. The van der Waals surface area contributed by atoms with Gasteiger partial charge in [0.1, 0.15) is 23.9 Å². The smallest absolute Gasteiger partial charge is 0.431 e. The summed E-state index contributed by atoms with van der Waals surface area (Å²) in [6.45, 7) is -0.186. The van der Waals surface area contributed by atoms with Crippen molar-refractivity contribution >= 4 is 11.6 Å². The highest BCUT2D eigenvalue weighted by Gasteiger charge is 2.35. The van der Waals surface area contributed by atoms with Crippen molar-refractivity contribution in [1.82, 2.24) is 29.3 Å². The van der Waals surface area contributed by atoms with E-state index in [4.69, 9.17) is 16.3 Å². The Balaban J connectivity index is 2.10. The number of halogens is 5. The Hall–Kier alpha value is -3.22. The number of hydrogen-bond donors (Lipinski definition) is 0. The van der Waals surface area contributed by atoms with Gasteiger partial charge in [-0.05, 0) is 16.5 Å². The molecule has 0 N–H and O–H groups in total. The quantitative estimate of drug-likeness (QED) is 0.577. The first-order valence-corrected chi connectivity index (χ1v) is 8.12. The van der Waals surface area contributed by atoms with E-state index in [-0.39, 0.29) is 38.4 Å². The third-order valence-electron chi connectivity index (χ3n) is 3.92. The second kappa shape index (κ2) is 7.31. The summed E-state index contributed by atoms with van der Waals surface area (Å²) >= 11 is 5.92. The number of aromatic nitrogens is 6. The van der Waals surface area contributed by atoms with Crippen LogP contribution in [0, 0.1) is 5.82 Å². The molecule has 0 radical (unpaired) electrons. The molecule has 29 heavy (non-hydrogen) atoms. The fourth-order valence-electron chi connectivity index (χ4n) is 2.43. The van der Waals surface area contributed by atoms with Crippen molar-refractivity contribution in [3.63, 3.8) is 0 Å². The fraction of sp³-hybridized carbons (Fsp3) is 0.267. The van der Waals surface area contributed by atoms with Gasteiger partial charge in [0.25, 0.3) is 5.56 Å². The number of hydrogen-bond acceptors (Lipinski definition) is 6. The number of benzene rings is 1. The molecule has 0 fully saturated rings. The Morgan fingerprint density at radius 2 is 1.86 bits per heavy atom. The largest absolute Gasteiger partial charge is 0.484 e. The molecule has 0 aliphatic carbocycles. The Labute approximate surface area is 163 Å². The van der Waals surface area contributed by atoms with Gasteiger partial charge in [0.15, 0.2) is 5.82 Å². The van der Waals surface area contributed by atoms with Crippen LogP contribution in [-0.2, 0) is 26.9 Å². The van der Waals surface area contributed by atoms with Crippen LogP contribution < -0.4 is 16.0 Å². The van der Waals surface area contributed by atoms with Crippen molar-refractivity contribution in [2.75, 3.05) is 0 Å². The van der Waals surface area contributed by atoms with E-state index in [0.717, 1.165) is 19.2 Å². The summed E-state index contributed by atoms with van der Waals surface area (Å²) in [7, 11) is 2.36. The summed E-state index contributed by atoms with van der Waals surface area (Å²) in [5.74, 6) is -0.962. The van der Waals surface area contributed by atoms with Crippen LogP contribution in [0.4, 0.5) is 17.6 Å². The molecule has 0 amide bonds. The van der Waals surface area contributed by atoms with Crippen LogP contribution in [-0.4, -0.2) is 29.3 Å². The Kier molecular flexibility index (Phi) is 5.17. The molecule has 1 aromatic carbocycles. The summed E-state index contributed by atoms with van der Waals surface area (Å²) in [5.41, 5.74) is -4.86. The highest BCUT2D eigenvalue weighted by atomic mass is 35.5. The van der Waals surface area contributed by atoms with E-state index >= 15 is 0 Å². The van der Waals surface area contributed by atoms with Crippen molar-refractivity contribution in [3.8, 4) is 11.4 Å². The fourth-order valence-corrected chi connectivity index (χ4v) is 2.64. The average Bonchev–Trinajstić information content (AvgIpc) is 3.03. The van der Waals surface area contributed by atoms with Gasteiger partial charge in [0.2, 0.25) is 0 Å². The zero-order valence-electron chi connectivity index (χ0n) is 14.7. The van der Waals surface area contributed by atoms with Gasteiger partial charge in [-0.3, -0.25) is 9.36 Å². The molecule has 0 spiro atoms. The van der Waals surface area contributed by atoms with Crippen molar-refractivity contribution in [3.05, 3.63) is 61.4 Å². The SMILES string of the molecule is Cn1nnnc1COc1cc(-n2c(=O)cc(C(F)(F)F)n(C)c2=O)c(F)cc1Cl. The summed E-state index contributed by atoms with van der Waals surface area (Å²) in [4.78, 5) is 24.5. The molecule has 0 aliphatic rings. The molecule has 0 unspecified atom stereocenters. The van der Waals surface area contributed by atoms with Gasteiger partial charge in [0.05, 0.1) is 10.7 Å². The second-order valence-corrected chi connectivity index (χ2v) is 6.19. The van der Waals surface area contributed by atoms with E-state index in [2.05, 4.69) is 15.5 Å². The normalized spacial score (nSPS) is 11.7. The molecule has 0 atom stereocenters. The van der Waals surface area contributed by atoms with E-state index in [9.17, 15) is 27.2 Å². The molecule has 0 aliphatic heterocycles. The third-order valence-corrected chi connectivity index (χ3v) is 4.21. The zero-order valence-corrected chi connectivity index (χ0v) is 15.5. The van der Waals surface area contributed by atoms with Gasteiger partial charge in [-0.1, -0.05) is 11.6 Å². The summed E-state index contributed by atoms with van der Waals surface area (Å²) < 4.78 is 60.5. The van der Waals surface area contributed by atoms with E-state index in [0.29, 0.717) is 0 Å². The summed E-state index contributed by atoms with van der Waals surface area (Å²) in [6.07, 6.45) is -4.94. The van der Waals surface area contributed by atoms with Crippen molar-refractivity contribution in [2.24, 2.45) is 14.1 Å². The molecule has 2 heterocycles. The first-order valence-electron chi connectivity index (χ1n) is 7.74. The lowest BCUT2D eigenvalue weighted by atomic mass is 10.2. The topological polar surface area (TPSA) is 96.8 Å². The van der Waals surface area contributed by atoms with Crippen LogP contribution in [0.25, 0.3) is 5.69 Å². The van der Waals surface area contributed by atoms with Gasteiger partial charge in [0, 0.05) is 26.2 Å². The number of aryl methyl sites for hydroxylation is 1. The number of rotatable bonds is 4. The van der Waals surface area contributed by atoms with Gasteiger partial charge >= 0.3 is 11.9 Å². The Bertz CT molecular complexity index is 1200. The van der Waals surface area contributed by atoms with Crippen molar-refractivity contribution in [1.29, 1.82) is 0 Å². The first kappa shape index (κ1) is 20.5. The minimum absolute atomic E-state index is 0.139. The molecule has 9 nitrogen and oxygen atoms in total. The van der Waals surface area contributed by atoms with Gasteiger partial charge < -0.3 is 4.74 Å². The molecule has 0 saturated heterocycles. The molecule has 3 aromatic rings. The van der Waals surface area contributed by atoms with E-state index in [1.165, 1.54) is 4.68 Å². The van der Waals surface area contributed by atoms with Crippen LogP contribution in [0.15, 0.2) is 27.8 Å². The molecule has 14 heteroatoms. The van der Waals surface area contributed by atoms with E-state index < -0.39 is 34.6 Å². The van der Waals surface area contributed by atoms with Crippen LogP contribution >= 0.6 is 11.6 Å². The van der Waals surface area contributed by atoms with Crippen LogP contribution in [0.3, 0.4) is 0 Å². The highest BCUT2D eigenvalue weighted by Crippen LogP contribution is 2.30. The molecule has 0 saturated carbocycles. The van der Waals surface area contributed by atoms with Gasteiger partial charge in [-0.2, -0.15) is 13.2 Å². The highest BCUT2D eigenvalue weighted by molar-refractivity contribution is 6.32. The van der Waals surface area contributed by atoms with Crippen LogP contribution in [0.5, 0.6) is 5.75 Å². The van der Waals surface area contributed by atoms with Gasteiger partial charge in [-0.15, -0.1) is 5.10 Å². The molecule has 154 valence electrons. The molecular formula is C15H11ClF4N6O3. The molecule has 2 aromatic heterocycles. The maximum atomic E-state index is 14.4. The zero-order chi connectivity index (χ0) is 21.5. The van der Waals surface area contributed by atoms with Crippen molar-refractivity contribution < 1.29 is 22.3 Å². The summed E-state index contributed by atoms with van der Waals surface area (Å²) in [6, 6.07) is 1.89. The Morgan fingerprint density at radius 1 is 1.17 bits per heavy atom. The number of alkyl halides is 3. The lowest BCUT2D eigenvalue weighted by molar-refractivity contribution is -0.144. The van der Waals surface area contributed by atoms with Crippen molar-refractivity contribution in [2.45, 2.75) is 12.8 Å². The standard InChI is InChI=1S/C15H11ClF4N6O3/c1-24-11(15(18,19)20)5-13(27)26(14(24)28)9-4-10(7(16)3-8(9)17)29-6-12-21-22-23-25(12)2/h3-5H,6H2,1-2H3. The van der Waals surface area contributed by atoms with Gasteiger partial charge in [-0.25, -0.2) is 18.4 Å². The van der Waals surface area contributed by atoms with E-state index in [1.54, 1.807) is 7.05 Å². The average molecular weight is 435 g/mol.